The van der Waals surface area contributed by atoms with Crippen LogP contribution in [0.15, 0.2) is 28.2 Å². The van der Waals surface area contributed by atoms with Crippen molar-refractivity contribution in [3.05, 3.63) is 29.5 Å². The van der Waals surface area contributed by atoms with Crippen molar-refractivity contribution in [2.75, 3.05) is 0 Å². The molecule has 21 heavy (non-hydrogen) atoms. The normalized spacial score (nSPS) is 17.1. The van der Waals surface area contributed by atoms with E-state index in [-0.39, 0.29) is 12.1 Å². The van der Waals surface area contributed by atoms with Gasteiger partial charge in [-0.25, -0.2) is 9.78 Å². The smallest absolute Gasteiger partial charge is 0.358 e. The van der Waals surface area contributed by atoms with Gasteiger partial charge in [0, 0.05) is 5.38 Å². The van der Waals surface area contributed by atoms with Crippen LogP contribution in [0.1, 0.15) is 55.4 Å². The summed E-state index contributed by atoms with van der Waals surface area (Å²) in [6, 6.07) is 3.64. The Bertz CT molecular complexity index is 568. The summed E-state index contributed by atoms with van der Waals surface area (Å²) in [4.78, 5) is 16.5. The Kier molecular flexibility index (Phi) is 4.70. The van der Waals surface area contributed by atoms with Crippen LogP contribution >= 0.6 is 11.3 Å². The minimum Gasteiger partial charge on any atom is -0.462 e. The monoisotopic (exact) mass is 305 g/mol. The molecule has 0 aromatic carbocycles. The molecule has 1 aliphatic carbocycles. The van der Waals surface area contributed by atoms with E-state index in [2.05, 4.69) is 4.98 Å². The topological polar surface area (TPSA) is 52.3 Å². The van der Waals surface area contributed by atoms with Gasteiger partial charge >= 0.3 is 5.97 Å². The lowest BCUT2D eigenvalue weighted by Gasteiger charge is -2.19. The molecule has 0 unspecified atom stereocenters. The van der Waals surface area contributed by atoms with Gasteiger partial charge in [0.15, 0.2) is 16.5 Å². The number of rotatable bonds is 3. The van der Waals surface area contributed by atoms with Crippen molar-refractivity contribution in [2.45, 2.75) is 51.0 Å². The van der Waals surface area contributed by atoms with Crippen molar-refractivity contribution < 1.29 is 13.9 Å². The van der Waals surface area contributed by atoms with Gasteiger partial charge in [-0.3, -0.25) is 0 Å². The van der Waals surface area contributed by atoms with Gasteiger partial charge < -0.3 is 9.15 Å². The van der Waals surface area contributed by atoms with Gasteiger partial charge in [-0.1, -0.05) is 19.3 Å². The third-order valence-electron chi connectivity index (χ3n) is 3.77. The average molecular weight is 305 g/mol. The molecule has 4 nitrogen and oxygen atoms in total. The fourth-order valence-electron chi connectivity index (χ4n) is 2.63. The lowest BCUT2D eigenvalue weighted by molar-refractivity contribution is 0.0233. The van der Waals surface area contributed by atoms with Crippen molar-refractivity contribution >= 4 is 17.3 Å². The summed E-state index contributed by atoms with van der Waals surface area (Å²) in [5.41, 5.74) is 0.383. The molecule has 5 heteroatoms. The first-order valence-corrected chi connectivity index (χ1v) is 8.41. The molecule has 1 saturated carbocycles. The zero-order valence-corrected chi connectivity index (χ0v) is 12.7. The number of thiazole rings is 1. The number of furan rings is 1. The summed E-state index contributed by atoms with van der Waals surface area (Å²) in [7, 11) is 0. The predicted molar refractivity (Wildman–Crippen MR) is 81.3 cm³/mol. The number of nitrogens with zero attached hydrogens (tertiary/aromatic N) is 1. The van der Waals surface area contributed by atoms with E-state index in [1.165, 1.54) is 30.6 Å². The van der Waals surface area contributed by atoms with Crippen LogP contribution in [0.25, 0.3) is 10.8 Å². The molecule has 0 amide bonds. The Morgan fingerprint density at radius 1 is 1.24 bits per heavy atom. The number of esters is 1. The minimum atomic E-state index is -0.311. The largest absolute Gasteiger partial charge is 0.462 e. The summed E-state index contributed by atoms with van der Waals surface area (Å²) < 4.78 is 10.9. The highest BCUT2D eigenvalue weighted by molar-refractivity contribution is 7.13. The zero-order valence-electron chi connectivity index (χ0n) is 11.9. The van der Waals surface area contributed by atoms with Crippen LogP contribution in [-0.4, -0.2) is 17.1 Å². The van der Waals surface area contributed by atoms with E-state index in [4.69, 9.17) is 9.15 Å². The number of carbonyl (C=O) groups is 1. The standard InChI is InChI=1S/C16H19NO3S/c18-16(20-12-7-4-2-1-3-5-8-12)13-11-21-15(17-13)14-9-6-10-19-14/h6,9-12H,1-5,7-8H2. The molecule has 0 saturated heterocycles. The van der Waals surface area contributed by atoms with Gasteiger partial charge in [-0.15, -0.1) is 11.3 Å². The highest BCUT2D eigenvalue weighted by Crippen LogP contribution is 2.25. The fourth-order valence-corrected chi connectivity index (χ4v) is 3.38. The van der Waals surface area contributed by atoms with E-state index in [9.17, 15) is 4.79 Å². The van der Waals surface area contributed by atoms with Crippen LogP contribution in [0.3, 0.4) is 0 Å². The van der Waals surface area contributed by atoms with Crippen molar-refractivity contribution in [3.63, 3.8) is 0 Å². The molecule has 0 N–H and O–H groups in total. The minimum absolute atomic E-state index is 0.0477. The zero-order chi connectivity index (χ0) is 14.5. The molecule has 1 fully saturated rings. The second-order valence-electron chi connectivity index (χ2n) is 5.39. The van der Waals surface area contributed by atoms with Gasteiger partial charge in [0.05, 0.1) is 6.26 Å². The molecule has 0 aliphatic heterocycles. The molecular formula is C16H19NO3S. The second kappa shape index (κ2) is 6.89. The highest BCUT2D eigenvalue weighted by Gasteiger charge is 2.20. The van der Waals surface area contributed by atoms with E-state index in [0.717, 1.165) is 25.7 Å². The summed E-state index contributed by atoms with van der Waals surface area (Å²) in [5.74, 6) is 0.375. The van der Waals surface area contributed by atoms with Crippen molar-refractivity contribution in [3.8, 4) is 10.8 Å². The van der Waals surface area contributed by atoms with Gasteiger partial charge in [0.1, 0.15) is 6.10 Å². The molecule has 0 radical (unpaired) electrons. The first-order valence-electron chi connectivity index (χ1n) is 7.53. The summed E-state index contributed by atoms with van der Waals surface area (Å²) in [6.07, 6.45) is 9.68. The molecular weight excluding hydrogens is 286 g/mol. The Balaban J connectivity index is 1.62. The SMILES string of the molecule is O=C(OC1CCCCCCC1)c1csc(-c2ccco2)n1. The lowest BCUT2D eigenvalue weighted by Crippen LogP contribution is -2.19. The Hall–Kier alpha value is -1.62. The summed E-state index contributed by atoms with van der Waals surface area (Å²) in [6.45, 7) is 0. The summed E-state index contributed by atoms with van der Waals surface area (Å²) >= 11 is 1.40. The molecule has 0 atom stereocenters. The molecule has 0 spiro atoms. The number of hydrogen-bond donors (Lipinski definition) is 0. The van der Waals surface area contributed by atoms with Gasteiger partial charge in [0.25, 0.3) is 0 Å². The maximum Gasteiger partial charge on any atom is 0.358 e. The van der Waals surface area contributed by atoms with E-state index in [1.807, 2.05) is 12.1 Å². The van der Waals surface area contributed by atoms with E-state index < -0.39 is 0 Å². The highest BCUT2D eigenvalue weighted by atomic mass is 32.1. The maximum absolute atomic E-state index is 12.2. The van der Waals surface area contributed by atoms with Crippen LogP contribution < -0.4 is 0 Å². The number of aromatic nitrogens is 1. The molecule has 3 rings (SSSR count). The van der Waals surface area contributed by atoms with Crippen LogP contribution in [-0.2, 0) is 4.74 Å². The van der Waals surface area contributed by atoms with Gasteiger partial charge in [-0.05, 0) is 37.8 Å². The van der Waals surface area contributed by atoms with Crippen LogP contribution in [0.2, 0.25) is 0 Å². The Morgan fingerprint density at radius 3 is 2.71 bits per heavy atom. The first kappa shape index (κ1) is 14.3. The Morgan fingerprint density at radius 2 is 2.00 bits per heavy atom. The lowest BCUT2D eigenvalue weighted by atomic mass is 9.98. The van der Waals surface area contributed by atoms with E-state index in [1.54, 1.807) is 11.6 Å². The number of carbonyl (C=O) groups excluding carboxylic acids is 1. The molecule has 112 valence electrons. The van der Waals surface area contributed by atoms with Crippen LogP contribution in [0, 0.1) is 0 Å². The van der Waals surface area contributed by atoms with E-state index >= 15 is 0 Å². The van der Waals surface area contributed by atoms with Gasteiger partial charge in [-0.2, -0.15) is 0 Å². The summed E-state index contributed by atoms with van der Waals surface area (Å²) in [5, 5.41) is 2.45. The van der Waals surface area contributed by atoms with Crippen LogP contribution in [0.4, 0.5) is 0 Å². The molecule has 2 heterocycles. The predicted octanol–water partition coefficient (Wildman–Crippen LogP) is 4.67. The first-order chi connectivity index (χ1) is 10.3. The molecule has 2 aromatic rings. The number of ether oxygens (including phenoxy) is 1. The van der Waals surface area contributed by atoms with Crippen molar-refractivity contribution in [1.82, 2.24) is 4.98 Å². The fraction of sp³-hybridized carbons (Fsp3) is 0.500. The third-order valence-corrected chi connectivity index (χ3v) is 4.63. The average Bonchev–Trinajstić information content (AvgIpc) is 3.10. The second-order valence-corrected chi connectivity index (χ2v) is 6.25. The molecule has 0 bridgehead atoms. The van der Waals surface area contributed by atoms with Gasteiger partial charge in [0.2, 0.25) is 0 Å². The molecule has 1 aliphatic rings. The van der Waals surface area contributed by atoms with Crippen molar-refractivity contribution in [2.24, 2.45) is 0 Å². The van der Waals surface area contributed by atoms with Crippen LogP contribution in [0.5, 0.6) is 0 Å². The number of hydrogen-bond acceptors (Lipinski definition) is 5. The van der Waals surface area contributed by atoms with Crippen molar-refractivity contribution in [1.29, 1.82) is 0 Å². The third kappa shape index (κ3) is 3.73. The quantitative estimate of drug-likeness (QED) is 0.773. The van der Waals surface area contributed by atoms with E-state index in [0.29, 0.717) is 16.5 Å². The Labute approximate surface area is 128 Å². The maximum atomic E-state index is 12.2. The molecule has 2 aromatic heterocycles.